The highest BCUT2D eigenvalue weighted by Crippen LogP contribution is 2.16. The van der Waals surface area contributed by atoms with E-state index in [0.717, 1.165) is 25.2 Å². The van der Waals surface area contributed by atoms with Gasteiger partial charge in [-0.2, -0.15) is 0 Å². The minimum absolute atomic E-state index is 0.145. The number of nitrogens with zero attached hydrogens (tertiary/aromatic N) is 5. The number of nitrogens with one attached hydrogen (secondary N) is 1. The molecule has 2 amide bonds. The maximum absolute atomic E-state index is 13.1. The summed E-state index contributed by atoms with van der Waals surface area (Å²) in [7, 11) is 0. The number of amides is 2. The molecule has 1 saturated heterocycles. The van der Waals surface area contributed by atoms with Gasteiger partial charge in [-0.25, -0.2) is 4.98 Å². The van der Waals surface area contributed by atoms with Crippen molar-refractivity contribution in [1.82, 2.24) is 29.5 Å². The molecule has 0 bridgehead atoms. The Balaban J connectivity index is 1.56. The maximum Gasteiger partial charge on any atom is 0.290 e. The van der Waals surface area contributed by atoms with Crippen molar-refractivity contribution in [2.24, 2.45) is 0 Å². The van der Waals surface area contributed by atoms with Gasteiger partial charge in [0.1, 0.15) is 0 Å². The standard InChI is InChI=1S/C21H24N6O2/c1-2-25-10-12-26(13-11-25)21(29)19-24-18(17-7-3-4-9-27(17)19)20(28)23-15-16-6-5-8-22-14-16/h3-9,14H,2,10-13,15H2,1H3,(H,23,28). The molecule has 4 rings (SSSR count). The Morgan fingerprint density at radius 3 is 2.66 bits per heavy atom. The monoisotopic (exact) mass is 392 g/mol. The van der Waals surface area contributed by atoms with Crippen LogP contribution in [0.15, 0.2) is 48.9 Å². The zero-order valence-electron chi connectivity index (χ0n) is 16.4. The molecule has 0 radical (unpaired) electrons. The minimum atomic E-state index is -0.313. The van der Waals surface area contributed by atoms with Gasteiger partial charge in [-0.3, -0.25) is 19.0 Å². The number of likely N-dealkylation sites (N-methyl/N-ethyl adjacent to an activating group) is 1. The van der Waals surface area contributed by atoms with Crippen LogP contribution in [0.5, 0.6) is 0 Å². The summed E-state index contributed by atoms with van der Waals surface area (Å²) in [6, 6.07) is 9.19. The van der Waals surface area contributed by atoms with Crippen molar-refractivity contribution in [3.8, 4) is 0 Å². The molecule has 0 aliphatic carbocycles. The highest BCUT2D eigenvalue weighted by atomic mass is 16.2. The smallest absolute Gasteiger partial charge is 0.290 e. The van der Waals surface area contributed by atoms with Gasteiger partial charge in [-0.15, -0.1) is 0 Å². The molecule has 8 heteroatoms. The first-order valence-electron chi connectivity index (χ1n) is 9.83. The molecule has 8 nitrogen and oxygen atoms in total. The van der Waals surface area contributed by atoms with Crippen LogP contribution in [0.1, 0.15) is 33.6 Å². The number of carbonyl (C=O) groups is 2. The van der Waals surface area contributed by atoms with Crippen molar-refractivity contribution in [2.45, 2.75) is 13.5 Å². The van der Waals surface area contributed by atoms with Gasteiger partial charge in [0.2, 0.25) is 5.82 Å². The summed E-state index contributed by atoms with van der Waals surface area (Å²) in [5, 5.41) is 2.87. The molecule has 3 aromatic heterocycles. The fourth-order valence-corrected chi connectivity index (χ4v) is 3.53. The molecule has 0 atom stereocenters. The third-order valence-electron chi connectivity index (χ3n) is 5.24. The number of aromatic nitrogens is 3. The Bertz CT molecular complexity index is 1010. The lowest BCUT2D eigenvalue weighted by atomic mass is 10.2. The first-order valence-corrected chi connectivity index (χ1v) is 9.83. The summed E-state index contributed by atoms with van der Waals surface area (Å²) in [6.07, 6.45) is 5.17. The second kappa shape index (κ2) is 8.40. The number of fused-ring (bicyclic) bond motifs is 1. The fraction of sp³-hybridized carbons (Fsp3) is 0.333. The molecule has 3 aromatic rings. The number of piperazine rings is 1. The van der Waals surface area contributed by atoms with Crippen LogP contribution in [0.4, 0.5) is 0 Å². The lowest BCUT2D eigenvalue weighted by Crippen LogP contribution is -2.48. The topological polar surface area (TPSA) is 82.8 Å². The quantitative estimate of drug-likeness (QED) is 0.710. The first kappa shape index (κ1) is 19.1. The molecule has 29 heavy (non-hydrogen) atoms. The van der Waals surface area contributed by atoms with Crippen molar-refractivity contribution < 1.29 is 9.59 Å². The number of imidazole rings is 1. The second-order valence-electron chi connectivity index (χ2n) is 7.01. The predicted molar refractivity (Wildman–Crippen MR) is 109 cm³/mol. The molecule has 1 aliphatic rings. The predicted octanol–water partition coefficient (Wildman–Crippen LogP) is 1.44. The third-order valence-corrected chi connectivity index (χ3v) is 5.24. The van der Waals surface area contributed by atoms with E-state index in [0.29, 0.717) is 25.2 Å². The number of hydrogen-bond donors (Lipinski definition) is 1. The molecule has 150 valence electrons. The first-order chi connectivity index (χ1) is 14.2. The lowest BCUT2D eigenvalue weighted by molar-refractivity contribution is 0.0630. The van der Waals surface area contributed by atoms with Crippen LogP contribution in [-0.2, 0) is 6.54 Å². The molecule has 0 aromatic carbocycles. The maximum atomic E-state index is 13.1. The normalized spacial score (nSPS) is 14.9. The van der Waals surface area contributed by atoms with Crippen LogP contribution in [0.25, 0.3) is 5.52 Å². The fourth-order valence-electron chi connectivity index (χ4n) is 3.53. The van der Waals surface area contributed by atoms with Gasteiger partial charge in [0.05, 0.1) is 5.52 Å². The molecule has 1 fully saturated rings. The van der Waals surface area contributed by atoms with Crippen LogP contribution in [-0.4, -0.2) is 68.7 Å². The summed E-state index contributed by atoms with van der Waals surface area (Å²) in [5.41, 5.74) is 1.77. The lowest BCUT2D eigenvalue weighted by Gasteiger charge is -2.33. The van der Waals surface area contributed by atoms with Crippen LogP contribution in [0, 0.1) is 0 Å². The summed E-state index contributed by atoms with van der Waals surface area (Å²) in [4.78, 5) is 38.5. The Labute approximate surface area is 169 Å². The van der Waals surface area contributed by atoms with E-state index in [1.165, 1.54) is 0 Å². The Hall–Kier alpha value is -3.26. The zero-order chi connectivity index (χ0) is 20.2. The Kier molecular flexibility index (Phi) is 5.53. The average molecular weight is 392 g/mol. The van der Waals surface area contributed by atoms with Crippen molar-refractivity contribution in [3.63, 3.8) is 0 Å². The SMILES string of the molecule is CCN1CCN(C(=O)c2nc(C(=O)NCc3cccnc3)c3ccccn23)CC1. The van der Waals surface area contributed by atoms with Crippen LogP contribution in [0.2, 0.25) is 0 Å². The molecule has 0 saturated carbocycles. The summed E-state index contributed by atoms with van der Waals surface area (Å²) < 4.78 is 1.70. The molecular formula is C21H24N6O2. The molecule has 4 heterocycles. The summed E-state index contributed by atoms with van der Waals surface area (Å²) >= 11 is 0. The molecule has 1 N–H and O–H groups in total. The van der Waals surface area contributed by atoms with Crippen LogP contribution in [0.3, 0.4) is 0 Å². The molecular weight excluding hydrogens is 368 g/mol. The number of pyridine rings is 2. The number of hydrogen-bond acceptors (Lipinski definition) is 5. The number of carbonyl (C=O) groups excluding carboxylic acids is 2. The Morgan fingerprint density at radius 2 is 1.93 bits per heavy atom. The van der Waals surface area contributed by atoms with Crippen molar-refractivity contribution >= 4 is 17.3 Å². The van der Waals surface area contributed by atoms with Gasteiger partial charge in [-0.05, 0) is 30.3 Å². The summed E-state index contributed by atoms with van der Waals surface area (Å²) in [5.74, 6) is -0.183. The van der Waals surface area contributed by atoms with E-state index in [9.17, 15) is 9.59 Å². The molecule has 0 unspecified atom stereocenters. The van der Waals surface area contributed by atoms with Gasteiger partial charge in [0, 0.05) is 51.3 Å². The summed E-state index contributed by atoms with van der Waals surface area (Å²) in [6.45, 7) is 6.48. The van der Waals surface area contributed by atoms with Crippen molar-refractivity contribution in [3.05, 3.63) is 66.0 Å². The van der Waals surface area contributed by atoms with Gasteiger partial charge >= 0.3 is 0 Å². The molecule has 0 spiro atoms. The number of rotatable bonds is 5. The zero-order valence-corrected chi connectivity index (χ0v) is 16.4. The van der Waals surface area contributed by atoms with E-state index in [1.807, 2.05) is 29.2 Å². The Morgan fingerprint density at radius 1 is 1.10 bits per heavy atom. The van der Waals surface area contributed by atoms with E-state index in [4.69, 9.17) is 0 Å². The van der Waals surface area contributed by atoms with E-state index in [2.05, 4.69) is 27.1 Å². The van der Waals surface area contributed by atoms with Gasteiger partial charge in [-0.1, -0.05) is 19.1 Å². The van der Waals surface area contributed by atoms with Crippen molar-refractivity contribution in [1.29, 1.82) is 0 Å². The van der Waals surface area contributed by atoms with E-state index < -0.39 is 0 Å². The highest BCUT2D eigenvalue weighted by Gasteiger charge is 2.27. The van der Waals surface area contributed by atoms with Gasteiger partial charge in [0.15, 0.2) is 5.69 Å². The van der Waals surface area contributed by atoms with Crippen LogP contribution >= 0.6 is 0 Å². The largest absolute Gasteiger partial charge is 0.346 e. The minimum Gasteiger partial charge on any atom is -0.346 e. The van der Waals surface area contributed by atoms with E-state index >= 15 is 0 Å². The van der Waals surface area contributed by atoms with Gasteiger partial charge in [0.25, 0.3) is 11.8 Å². The van der Waals surface area contributed by atoms with Gasteiger partial charge < -0.3 is 15.1 Å². The van der Waals surface area contributed by atoms with E-state index in [-0.39, 0.29) is 23.3 Å². The second-order valence-corrected chi connectivity index (χ2v) is 7.01. The third kappa shape index (κ3) is 3.97. The van der Waals surface area contributed by atoms with Crippen molar-refractivity contribution in [2.75, 3.05) is 32.7 Å². The van der Waals surface area contributed by atoms with Crippen LogP contribution < -0.4 is 5.32 Å². The van der Waals surface area contributed by atoms with E-state index in [1.54, 1.807) is 29.1 Å². The molecule has 1 aliphatic heterocycles. The average Bonchev–Trinajstić information content (AvgIpc) is 3.17. The highest BCUT2D eigenvalue weighted by molar-refractivity contribution is 6.02.